The van der Waals surface area contributed by atoms with E-state index in [2.05, 4.69) is 13.8 Å². The Labute approximate surface area is 108 Å². The molecular formula is C13H20ClNO2. The van der Waals surface area contributed by atoms with Crippen LogP contribution in [-0.4, -0.2) is 14.2 Å². The monoisotopic (exact) mass is 257 g/mol. The molecule has 0 spiro atoms. The van der Waals surface area contributed by atoms with E-state index in [9.17, 15) is 0 Å². The van der Waals surface area contributed by atoms with Crippen molar-refractivity contribution < 1.29 is 9.47 Å². The van der Waals surface area contributed by atoms with Gasteiger partial charge in [-0.25, -0.2) is 0 Å². The average molecular weight is 258 g/mol. The van der Waals surface area contributed by atoms with Crippen LogP contribution in [0.2, 0.25) is 5.02 Å². The van der Waals surface area contributed by atoms with Gasteiger partial charge in [0.2, 0.25) is 0 Å². The van der Waals surface area contributed by atoms with Gasteiger partial charge in [0.05, 0.1) is 19.2 Å². The molecule has 0 saturated heterocycles. The number of halogens is 1. The summed E-state index contributed by atoms with van der Waals surface area (Å²) in [4.78, 5) is 0. The van der Waals surface area contributed by atoms with Crippen LogP contribution in [0, 0.1) is 5.92 Å². The van der Waals surface area contributed by atoms with Gasteiger partial charge < -0.3 is 15.2 Å². The highest BCUT2D eigenvalue weighted by molar-refractivity contribution is 6.33. The molecular weight excluding hydrogens is 238 g/mol. The van der Waals surface area contributed by atoms with Crippen LogP contribution >= 0.6 is 11.6 Å². The number of hydrogen-bond donors (Lipinski definition) is 1. The summed E-state index contributed by atoms with van der Waals surface area (Å²) in [6.45, 7) is 4.27. The molecule has 17 heavy (non-hydrogen) atoms. The summed E-state index contributed by atoms with van der Waals surface area (Å²) in [6.07, 6.45) is 0.884. The number of ether oxygens (including phenoxy) is 2. The maximum Gasteiger partial charge on any atom is 0.179 e. The van der Waals surface area contributed by atoms with Gasteiger partial charge in [-0.2, -0.15) is 0 Å². The zero-order chi connectivity index (χ0) is 13.0. The Morgan fingerprint density at radius 2 is 1.88 bits per heavy atom. The number of benzene rings is 1. The van der Waals surface area contributed by atoms with Gasteiger partial charge in [0.15, 0.2) is 11.5 Å². The lowest BCUT2D eigenvalue weighted by Crippen LogP contribution is -2.13. The minimum atomic E-state index is -0.0812. The smallest absolute Gasteiger partial charge is 0.179 e. The molecule has 1 rings (SSSR count). The van der Waals surface area contributed by atoms with Crippen LogP contribution in [0.1, 0.15) is 31.9 Å². The normalized spacial score (nSPS) is 12.6. The number of hydrogen-bond acceptors (Lipinski definition) is 3. The van der Waals surface area contributed by atoms with Gasteiger partial charge in [-0.3, -0.25) is 0 Å². The fourth-order valence-electron chi connectivity index (χ4n) is 1.83. The zero-order valence-electron chi connectivity index (χ0n) is 10.8. The van der Waals surface area contributed by atoms with E-state index >= 15 is 0 Å². The van der Waals surface area contributed by atoms with E-state index in [4.69, 9.17) is 26.8 Å². The quantitative estimate of drug-likeness (QED) is 0.879. The highest BCUT2D eigenvalue weighted by Gasteiger charge is 2.18. The first kappa shape index (κ1) is 14.1. The summed E-state index contributed by atoms with van der Waals surface area (Å²) in [5, 5.41) is 0.542. The third-order valence-electron chi connectivity index (χ3n) is 2.64. The topological polar surface area (TPSA) is 44.5 Å². The molecule has 0 aliphatic rings. The molecule has 1 aromatic carbocycles. The van der Waals surface area contributed by atoms with Crippen LogP contribution in [0.25, 0.3) is 0 Å². The highest BCUT2D eigenvalue weighted by Crippen LogP contribution is 2.40. The van der Waals surface area contributed by atoms with Crippen LogP contribution < -0.4 is 15.2 Å². The van der Waals surface area contributed by atoms with Crippen molar-refractivity contribution in [3.8, 4) is 11.5 Å². The zero-order valence-corrected chi connectivity index (χ0v) is 11.5. The first-order chi connectivity index (χ1) is 8.01. The summed E-state index contributed by atoms with van der Waals surface area (Å²) < 4.78 is 10.4. The number of nitrogens with two attached hydrogens (primary N) is 1. The minimum Gasteiger partial charge on any atom is -0.493 e. The van der Waals surface area contributed by atoms with Gasteiger partial charge in [-0.15, -0.1) is 0 Å². The predicted octanol–water partition coefficient (Wildman–Crippen LogP) is 3.40. The lowest BCUT2D eigenvalue weighted by molar-refractivity contribution is 0.354. The Balaban J connectivity index is 3.09. The molecule has 1 atom stereocenters. The van der Waals surface area contributed by atoms with Gasteiger partial charge >= 0.3 is 0 Å². The van der Waals surface area contributed by atoms with Crippen LogP contribution in [0.15, 0.2) is 12.1 Å². The standard InChI is InChI=1S/C13H20ClNO2/c1-8(2)7-10(15)9-5-6-11(16-3)13(17-4)12(9)14/h5-6,8,10H,7,15H2,1-4H3/t10-/m1/s1. The highest BCUT2D eigenvalue weighted by atomic mass is 35.5. The van der Waals surface area contributed by atoms with Crippen molar-refractivity contribution in [2.75, 3.05) is 14.2 Å². The van der Waals surface area contributed by atoms with Crippen molar-refractivity contribution in [2.24, 2.45) is 11.7 Å². The molecule has 0 amide bonds. The third-order valence-corrected chi connectivity index (χ3v) is 3.03. The molecule has 0 bridgehead atoms. The molecule has 3 nitrogen and oxygen atoms in total. The second-order valence-corrected chi connectivity index (χ2v) is 4.82. The Morgan fingerprint density at radius 1 is 1.24 bits per heavy atom. The second kappa shape index (κ2) is 6.12. The second-order valence-electron chi connectivity index (χ2n) is 4.44. The largest absolute Gasteiger partial charge is 0.493 e. The molecule has 1 aromatic rings. The molecule has 0 fully saturated rings. The maximum absolute atomic E-state index is 6.29. The average Bonchev–Trinajstić information content (AvgIpc) is 2.27. The molecule has 0 aliphatic heterocycles. The molecule has 0 saturated carbocycles. The fourth-order valence-corrected chi connectivity index (χ4v) is 2.20. The first-order valence-electron chi connectivity index (χ1n) is 5.67. The number of methoxy groups -OCH3 is 2. The van der Waals surface area contributed by atoms with Crippen molar-refractivity contribution in [2.45, 2.75) is 26.3 Å². The predicted molar refractivity (Wildman–Crippen MR) is 70.9 cm³/mol. The Kier molecular flexibility index (Phi) is 5.09. The van der Waals surface area contributed by atoms with Gasteiger partial charge in [-0.1, -0.05) is 31.5 Å². The molecule has 2 N–H and O–H groups in total. The van der Waals surface area contributed by atoms with E-state index in [1.54, 1.807) is 14.2 Å². The third kappa shape index (κ3) is 3.27. The van der Waals surface area contributed by atoms with E-state index in [0.29, 0.717) is 22.4 Å². The van der Waals surface area contributed by atoms with E-state index in [1.807, 2.05) is 12.1 Å². The van der Waals surface area contributed by atoms with Crippen LogP contribution in [-0.2, 0) is 0 Å². The van der Waals surface area contributed by atoms with E-state index < -0.39 is 0 Å². The van der Waals surface area contributed by atoms with Gasteiger partial charge in [0.25, 0.3) is 0 Å². The Morgan fingerprint density at radius 3 is 2.35 bits per heavy atom. The minimum absolute atomic E-state index is 0.0812. The molecule has 4 heteroatoms. The van der Waals surface area contributed by atoms with Crippen LogP contribution in [0.5, 0.6) is 11.5 Å². The van der Waals surface area contributed by atoms with Crippen LogP contribution in [0.4, 0.5) is 0 Å². The molecule has 96 valence electrons. The Bertz CT molecular complexity index is 380. The van der Waals surface area contributed by atoms with E-state index in [1.165, 1.54) is 0 Å². The lowest BCUT2D eigenvalue weighted by Gasteiger charge is -2.18. The van der Waals surface area contributed by atoms with Crippen molar-refractivity contribution in [1.82, 2.24) is 0 Å². The summed E-state index contributed by atoms with van der Waals surface area (Å²) in [5.41, 5.74) is 7.03. The fraction of sp³-hybridized carbons (Fsp3) is 0.538. The summed E-state index contributed by atoms with van der Waals surface area (Å²) in [6, 6.07) is 3.65. The summed E-state index contributed by atoms with van der Waals surface area (Å²) in [7, 11) is 3.16. The molecule has 0 radical (unpaired) electrons. The first-order valence-corrected chi connectivity index (χ1v) is 6.05. The van der Waals surface area contributed by atoms with Crippen LogP contribution in [0.3, 0.4) is 0 Å². The van der Waals surface area contributed by atoms with Crippen molar-refractivity contribution in [3.63, 3.8) is 0 Å². The SMILES string of the molecule is COc1ccc([C@H](N)CC(C)C)c(Cl)c1OC. The molecule has 0 aliphatic carbocycles. The molecule has 0 heterocycles. The summed E-state index contributed by atoms with van der Waals surface area (Å²) in [5.74, 6) is 1.69. The van der Waals surface area contributed by atoms with E-state index in [-0.39, 0.29) is 6.04 Å². The number of rotatable bonds is 5. The lowest BCUT2D eigenvalue weighted by atomic mass is 9.97. The molecule has 0 aromatic heterocycles. The molecule has 0 unspecified atom stereocenters. The maximum atomic E-state index is 6.29. The summed E-state index contributed by atoms with van der Waals surface area (Å²) >= 11 is 6.29. The van der Waals surface area contributed by atoms with Gasteiger partial charge in [0.1, 0.15) is 0 Å². The van der Waals surface area contributed by atoms with Crippen molar-refractivity contribution >= 4 is 11.6 Å². The Hall–Kier alpha value is -0.930. The van der Waals surface area contributed by atoms with Gasteiger partial charge in [-0.05, 0) is 24.0 Å². The van der Waals surface area contributed by atoms with Crippen molar-refractivity contribution in [3.05, 3.63) is 22.7 Å². The van der Waals surface area contributed by atoms with Crippen molar-refractivity contribution in [1.29, 1.82) is 0 Å². The van der Waals surface area contributed by atoms with E-state index in [0.717, 1.165) is 12.0 Å². The van der Waals surface area contributed by atoms with Gasteiger partial charge in [0, 0.05) is 6.04 Å².